The van der Waals surface area contributed by atoms with Crippen LogP contribution in [0.15, 0.2) is 0 Å². The van der Waals surface area contributed by atoms with Crippen LogP contribution < -0.4 is 0 Å². The van der Waals surface area contributed by atoms with E-state index in [1.807, 2.05) is 0 Å². The van der Waals surface area contributed by atoms with Crippen LogP contribution in [-0.2, 0) is 0 Å². The van der Waals surface area contributed by atoms with Gasteiger partial charge in [0.25, 0.3) is 0 Å². The molecule has 1 saturated carbocycles. The Morgan fingerprint density at radius 1 is 1.00 bits per heavy atom. The summed E-state index contributed by atoms with van der Waals surface area (Å²) in [5.74, 6) is 1.92. The molecule has 0 aromatic heterocycles. The molecule has 2 fully saturated rings. The van der Waals surface area contributed by atoms with E-state index in [0.29, 0.717) is 0 Å². The Morgan fingerprint density at radius 3 is 1.94 bits per heavy atom. The summed E-state index contributed by atoms with van der Waals surface area (Å²) < 4.78 is 0.719. The molecule has 1 atom stereocenters. The lowest BCUT2D eigenvalue weighted by Gasteiger charge is -2.47. The lowest BCUT2D eigenvalue weighted by atomic mass is 9.64. The molecule has 17 heavy (non-hydrogen) atoms. The Kier molecular flexibility index (Phi) is 4.79. The van der Waals surface area contributed by atoms with Crippen LogP contribution in [0.5, 0.6) is 0 Å². The third-order valence-electron chi connectivity index (χ3n) is 5.40. The molecule has 100 valence electrons. The second-order valence-corrected chi connectivity index (χ2v) is 8.49. The molecule has 2 heteroatoms. The Bertz CT molecular complexity index is 204. The van der Waals surface area contributed by atoms with Gasteiger partial charge in [-0.05, 0) is 75.8 Å². The van der Waals surface area contributed by atoms with Crippen LogP contribution in [0.4, 0.5) is 0 Å². The summed E-state index contributed by atoms with van der Waals surface area (Å²) in [6.45, 7) is 9.83. The molecular formula is C15H28IN. The van der Waals surface area contributed by atoms with Gasteiger partial charge in [-0.25, -0.2) is 0 Å². The fourth-order valence-corrected chi connectivity index (χ4v) is 4.33. The zero-order valence-corrected chi connectivity index (χ0v) is 13.9. The highest BCUT2D eigenvalue weighted by Crippen LogP contribution is 2.48. The fourth-order valence-electron chi connectivity index (χ4n) is 3.77. The predicted octanol–water partition coefficient (Wildman–Crippen LogP) is 4.70. The number of piperidine rings is 1. The number of halogens is 1. The topological polar surface area (TPSA) is 3.24 Å². The van der Waals surface area contributed by atoms with Crippen molar-refractivity contribution < 1.29 is 0 Å². The quantitative estimate of drug-likeness (QED) is 0.397. The van der Waals surface area contributed by atoms with E-state index in [9.17, 15) is 0 Å². The van der Waals surface area contributed by atoms with Crippen LogP contribution in [0.3, 0.4) is 0 Å². The Hall–Kier alpha value is 0.690. The Morgan fingerprint density at radius 2 is 1.53 bits per heavy atom. The first-order valence-corrected chi connectivity index (χ1v) is 8.65. The number of likely N-dealkylation sites (tertiary alicyclic amines) is 1. The summed E-state index contributed by atoms with van der Waals surface area (Å²) in [4.78, 5) is 2.65. The van der Waals surface area contributed by atoms with Gasteiger partial charge in [-0.3, -0.25) is 4.90 Å². The molecule has 0 bridgehead atoms. The van der Waals surface area contributed by atoms with Gasteiger partial charge in [-0.1, -0.05) is 36.4 Å². The van der Waals surface area contributed by atoms with Crippen LogP contribution >= 0.6 is 22.6 Å². The molecule has 1 nitrogen and oxygen atoms in total. The second kappa shape index (κ2) is 5.77. The molecule has 0 aromatic rings. The van der Waals surface area contributed by atoms with Gasteiger partial charge in [-0.2, -0.15) is 0 Å². The zero-order chi connectivity index (χ0) is 12.5. The molecule has 1 aliphatic carbocycles. The first-order chi connectivity index (χ1) is 8.02. The van der Waals surface area contributed by atoms with E-state index < -0.39 is 0 Å². The molecule has 0 amide bonds. The van der Waals surface area contributed by atoms with Crippen LogP contribution in [-0.4, -0.2) is 22.0 Å². The highest BCUT2D eigenvalue weighted by molar-refractivity contribution is 14.1. The minimum absolute atomic E-state index is 0.719. The van der Waals surface area contributed by atoms with E-state index in [4.69, 9.17) is 0 Å². The maximum absolute atomic E-state index is 2.65. The number of hydrogen-bond acceptors (Lipinski definition) is 1. The highest BCUT2D eigenvalue weighted by Gasteiger charge is 2.38. The standard InChI is InChI=1S/C15H28IN/c1-12(2)14-4-6-15(7-5-14)8-10-17(11-9-15)13(3)16/h12-14H,4-11H2,1-3H3. The number of alkyl halides is 1. The van der Waals surface area contributed by atoms with E-state index in [-0.39, 0.29) is 0 Å². The summed E-state index contributed by atoms with van der Waals surface area (Å²) in [6.07, 6.45) is 8.95. The average molecular weight is 349 g/mol. The molecule has 1 spiro atoms. The van der Waals surface area contributed by atoms with Crippen molar-refractivity contribution in [3.63, 3.8) is 0 Å². The third kappa shape index (κ3) is 3.37. The monoisotopic (exact) mass is 349 g/mol. The summed E-state index contributed by atoms with van der Waals surface area (Å²) >= 11 is 2.56. The van der Waals surface area contributed by atoms with Gasteiger partial charge in [0, 0.05) is 0 Å². The molecule has 1 saturated heterocycles. The van der Waals surface area contributed by atoms with Gasteiger partial charge in [0.15, 0.2) is 0 Å². The molecule has 2 rings (SSSR count). The van der Waals surface area contributed by atoms with Crippen molar-refractivity contribution in [3.05, 3.63) is 0 Å². The third-order valence-corrected chi connectivity index (χ3v) is 6.18. The van der Waals surface area contributed by atoms with E-state index in [2.05, 4.69) is 48.3 Å². The normalized spacial score (nSPS) is 28.8. The Balaban J connectivity index is 1.84. The molecule has 0 aromatic carbocycles. The second-order valence-electron chi connectivity index (χ2n) is 6.69. The van der Waals surface area contributed by atoms with Gasteiger partial charge in [0.1, 0.15) is 0 Å². The van der Waals surface area contributed by atoms with Crippen molar-refractivity contribution in [3.8, 4) is 0 Å². The largest absolute Gasteiger partial charge is 0.292 e. The van der Waals surface area contributed by atoms with Crippen LogP contribution in [0.1, 0.15) is 59.3 Å². The molecule has 1 heterocycles. The first-order valence-electron chi connectivity index (χ1n) is 7.40. The summed E-state index contributed by atoms with van der Waals surface area (Å²) in [5, 5.41) is 0. The average Bonchev–Trinajstić information content (AvgIpc) is 2.30. The minimum atomic E-state index is 0.719. The molecule has 0 N–H and O–H groups in total. The van der Waals surface area contributed by atoms with E-state index in [1.54, 1.807) is 0 Å². The van der Waals surface area contributed by atoms with Gasteiger partial charge in [-0.15, -0.1) is 0 Å². The lowest BCUT2D eigenvalue weighted by molar-refractivity contribution is 0.0438. The van der Waals surface area contributed by atoms with Crippen LogP contribution in [0.25, 0.3) is 0 Å². The molecule has 2 aliphatic rings. The van der Waals surface area contributed by atoms with Gasteiger partial charge in [0.05, 0.1) is 4.05 Å². The maximum Gasteiger partial charge on any atom is 0.0589 e. The summed E-state index contributed by atoms with van der Waals surface area (Å²) in [7, 11) is 0. The van der Waals surface area contributed by atoms with Gasteiger partial charge in [0.2, 0.25) is 0 Å². The van der Waals surface area contributed by atoms with Crippen LogP contribution in [0.2, 0.25) is 0 Å². The van der Waals surface area contributed by atoms with Crippen molar-refractivity contribution >= 4 is 22.6 Å². The van der Waals surface area contributed by atoms with E-state index >= 15 is 0 Å². The first kappa shape index (κ1) is 14.1. The van der Waals surface area contributed by atoms with Crippen LogP contribution in [0, 0.1) is 17.3 Å². The van der Waals surface area contributed by atoms with Crippen molar-refractivity contribution in [2.45, 2.75) is 63.3 Å². The number of rotatable bonds is 2. The number of hydrogen-bond donors (Lipinski definition) is 0. The van der Waals surface area contributed by atoms with Crippen molar-refractivity contribution in [2.24, 2.45) is 17.3 Å². The molecule has 0 radical (unpaired) electrons. The minimum Gasteiger partial charge on any atom is -0.292 e. The van der Waals surface area contributed by atoms with Gasteiger partial charge >= 0.3 is 0 Å². The zero-order valence-electron chi connectivity index (χ0n) is 11.7. The van der Waals surface area contributed by atoms with Crippen molar-refractivity contribution in [1.29, 1.82) is 0 Å². The van der Waals surface area contributed by atoms with Gasteiger partial charge < -0.3 is 0 Å². The van der Waals surface area contributed by atoms with E-state index in [1.165, 1.54) is 51.6 Å². The number of nitrogens with zero attached hydrogens (tertiary/aromatic N) is 1. The molecular weight excluding hydrogens is 321 g/mol. The highest BCUT2D eigenvalue weighted by atomic mass is 127. The SMILES string of the molecule is CC(C)C1CCC2(CC1)CCN(C(C)I)CC2. The summed E-state index contributed by atoms with van der Waals surface area (Å²) in [6, 6.07) is 0. The fraction of sp³-hybridized carbons (Fsp3) is 1.00. The smallest absolute Gasteiger partial charge is 0.0589 e. The molecule has 1 unspecified atom stereocenters. The van der Waals surface area contributed by atoms with Crippen molar-refractivity contribution in [1.82, 2.24) is 4.90 Å². The predicted molar refractivity (Wildman–Crippen MR) is 83.5 cm³/mol. The summed E-state index contributed by atoms with van der Waals surface area (Å²) in [5.41, 5.74) is 0.743. The molecule has 1 aliphatic heterocycles. The lowest BCUT2D eigenvalue weighted by Crippen LogP contribution is -2.44. The maximum atomic E-state index is 2.65. The van der Waals surface area contributed by atoms with E-state index in [0.717, 1.165) is 21.3 Å². The Labute approximate surface area is 121 Å². The van der Waals surface area contributed by atoms with Crippen molar-refractivity contribution in [2.75, 3.05) is 13.1 Å².